The molecule has 4 aromatic rings. The topological polar surface area (TPSA) is 172 Å². The summed E-state index contributed by atoms with van der Waals surface area (Å²) in [4.78, 5) is 8.33. The Balaban J connectivity index is 0.00000368. The number of nitrogens with zero attached hydrogens (tertiary/aromatic N) is 3. The van der Waals surface area contributed by atoms with Crippen molar-refractivity contribution in [3.05, 3.63) is 102 Å². The van der Waals surface area contributed by atoms with Crippen molar-refractivity contribution in [2.24, 2.45) is 4.99 Å². The van der Waals surface area contributed by atoms with Crippen LogP contribution in [0.15, 0.2) is 106 Å². The van der Waals surface area contributed by atoms with Crippen LogP contribution < -0.4 is 39.7 Å². The van der Waals surface area contributed by atoms with Gasteiger partial charge in [0, 0.05) is 16.5 Å². The molecule has 0 saturated carbocycles. The molecule has 11 nitrogen and oxygen atoms in total. The van der Waals surface area contributed by atoms with Crippen LogP contribution in [0.2, 0.25) is 0 Å². The third-order valence-electron chi connectivity index (χ3n) is 6.71. The number of rotatable bonds is 5. The summed E-state index contributed by atoms with van der Waals surface area (Å²) in [6, 6.07) is 24.3. The van der Waals surface area contributed by atoms with Gasteiger partial charge in [0.15, 0.2) is 0 Å². The Labute approximate surface area is 268 Å². The predicted octanol–water partition coefficient (Wildman–Crippen LogP) is 2.71. The monoisotopic (exact) mass is 624 g/mol. The molecule has 43 heavy (non-hydrogen) atoms. The number of fused-ring (bicyclic) bond motifs is 4. The minimum absolute atomic E-state index is 0. The summed E-state index contributed by atoms with van der Waals surface area (Å²) < 4.78 is 77.9. The van der Waals surface area contributed by atoms with E-state index in [4.69, 9.17) is 15.5 Å². The maximum atomic E-state index is 12.7. The van der Waals surface area contributed by atoms with E-state index in [1.807, 2.05) is 0 Å². The Kier molecular flexibility index (Phi) is 8.09. The quantitative estimate of drug-likeness (QED) is 0.128. The van der Waals surface area contributed by atoms with Crippen LogP contribution >= 0.6 is 0 Å². The maximum Gasteiger partial charge on any atom is 1.00 e. The van der Waals surface area contributed by atoms with Crippen LogP contribution in [-0.2, 0) is 20.2 Å². The average molecular weight is 625 g/mol. The number of ether oxygens (including phenoxy) is 1. The van der Waals surface area contributed by atoms with Crippen molar-refractivity contribution in [3.63, 3.8) is 0 Å². The van der Waals surface area contributed by atoms with Gasteiger partial charge in [-0.1, -0.05) is 48.5 Å². The molecule has 0 bridgehead atoms. The largest absolute Gasteiger partial charge is 1.00 e. The van der Waals surface area contributed by atoms with Gasteiger partial charge in [0.2, 0.25) is 0 Å². The van der Waals surface area contributed by atoms with Gasteiger partial charge < -0.3 is 15.0 Å². The number of aromatic nitrogens is 2. The molecule has 1 heterocycles. The number of hydrogen-bond acceptors (Lipinski definition) is 7. The first-order valence-corrected chi connectivity index (χ1v) is 15.2. The van der Waals surface area contributed by atoms with Gasteiger partial charge in [0.05, 0.1) is 35.1 Å². The second-order valence-electron chi connectivity index (χ2n) is 9.28. The van der Waals surface area contributed by atoms with E-state index in [0.717, 1.165) is 6.07 Å². The van der Waals surface area contributed by atoms with Gasteiger partial charge in [-0.2, -0.15) is 16.8 Å². The summed E-state index contributed by atoms with van der Waals surface area (Å²) in [5.41, 5.74) is 9.24. The molecule has 1 aliphatic heterocycles. The predicted molar refractivity (Wildman–Crippen MR) is 157 cm³/mol. The molecule has 0 fully saturated rings. The first kappa shape index (κ1) is 30.6. The number of para-hydroxylation sites is 2. The van der Waals surface area contributed by atoms with E-state index in [1.165, 1.54) is 29.9 Å². The van der Waals surface area contributed by atoms with Gasteiger partial charge in [-0.25, -0.2) is 9.98 Å². The molecule has 3 N–H and O–H groups in total. The molecule has 1 aliphatic carbocycles. The van der Waals surface area contributed by atoms with Crippen molar-refractivity contribution in [2.75, 3.05) is 7.11 Å². The summed E-state index contributed by atoms with van der Waals surface area (Å²) in [6.07, 6.45) is 0. The molecule has 212 valence electrons. The van der Waals surface area contributed by atoms with Gasteiger partial charge >= 0.3 is 29.6 Å². The number of hydrogen-bond donors (Lipinski definition) is 2. The van der Waals surface area contributed by atoms with Crippen LogP contribution in [0.3, 0.4) is 0 Å². The van der Waals surface area contributed by atoms with Crippen molar-refractivity contribution >= 4 is 53.4 Å². The number of methoxy groups -OCH3 is 1. The smallest absolute Gasteiger partial charge is 0.697 e. The summed E-state index contributed by atoms with van der Waals surface area (Å²) in [6.45, 7) is 0. The Morgan fingerprint density at radius 2 is 1.51 bits per heavy atom. The van der Waals surface area contributed by atoms with Crippen LogP contribution in [0.1, 0.15) is 0 Å². The van der Waals surface area contributed by atoms with Gasteiger partial charge in [-0.3, -0.25) is 9.11 Å². The molecule has 0 saturated heterocycles. The van der Waals surface area contributed by atoms with Crippen molar-refractivity contribution in [2.45, 2.75) is 9.79 Å². The van der Waals surface area contributed by atoms with E-state index in [-0.39, 0.29) is 73.9 Å². The first-order valence-electron chi connectivity index (χ1n) is 12.3. The van der Waals surface area contributed by atoms with Gasteiger partial charge in [-0.15, -0.1) is 5.69 Å². The fourth-order valence-electron chi connectivity index (χ4n) is 5.06. The third kappa shape index (κ3) is 5.40. The molecular formula is C29H21N4NaO7S2. The molecule has 4 aromatic carbocycles. The second-order valence-corrected chi connectivity index (χ2v) is 12.0. The molecule has 6 rings (SSSR count). The van der Waals surface area contributed by atoms with Gasteiger partial charge in [0.25, 0.3) is 20.2 Å². The Hall–Kier alpha value is -3.82. The van der Waals surface area contributed by atoms with Gasteiger partial charge in [-0.05, 0) is 42.5 Å². The third-order valence-corrected chi connectivity index (χ3v) is 8.54. The van der Waals surface area contributed by atoms with E-state index in [0.29, 0.717) is 11.4 Å². The molecule has 2 aliphatic rings. The molecule has 0 radical (unpaired) electrons. The standard InChI is InChI=1S/C29H21N4O7S2.Na/c1-40-23-15-20(30)29(42(37,38)39)28-27(23)32-26-19-13-8-14-24(41(34,35)36)25(19)21(31-17-9-4-2-5-10-17)16-22(26)33(28)18-11-6-3-7-12-18;/h2-16,30H,1H3,(H,34,35,36)(H,37,38,39);/q-1;+1. The fourth-order valence-corrected chi connectivity index (χ4v) is 6.55. The van der Waals surface area contributed by atoms with Crippen LogP contribution in [0.4, 0.5) is 11.4 Å². The molecule has 0 spiro atoms. The summed E-state index contributed by atoms with van der Waals surface area (Å²) in [5.74, 6) is 0.0473. The average Bonchev–Trinajstić information content (AvgIpc) is 2.95. The Morgan fingerprint density at radius 3 is 2.12 bits per heavy atom. The molecule has 0 unspecified atom stereocenters. The molecule has 0 aromatic heterocycles. The summed E-state index contributed by atoms with van der Waals surface area (Å²) >= 11 is 0. The first-order chi connectivity index (χ1) is 20.0. The Morgan fingerprint density at radius 1 is 0.860 bits per heavy atom. The second kappa shape index (κ2) is 11.4. The van der Waals surface area contributed by atoms with E-state index >= 15 is 0 Å². The summed E-state index contributed by atoms with van der Waals surface area (Å²) in [7, 11) is -8.34. The number of benzene rings is 5. The van der Waals surface area contributed by atoms with Crippen LogP contribution in [-0.4, -0.2) is 42.6 Å². The van der Waals surface area contributed by atoms with E-state index in [1.54, 1.807) is 66.7 Å². The van der Waals surface area contributed by atoms with Crippen molar-refractivity contribution in [1.29, 1.82) is 0 Å². The van der Waals surface area contributed by atoms with Crippen LogP contribution in [0.25, 0.3) is 44.6 Å². The SMILES string of the molecule is COc1cc([NH-])c(S(=O)(=O)O)c2c1nc1c3cccc(S(=O)(=O)O)c3c(=Nc3ccccc3)cc-1n2-c1ccccc1.[Na+]. The van der Waals surface area contributed by atoms with Gasteiger partial charge in [0.1, 0.15) is 21.1 Å². The number of nitrogens with one attached hydrogen (secondary N) is 1. The van der Waals surface area contributed by atoms with Crippen LogP contribution in [0.5, 0.6) is 5.75 Å². The van der Waals surface area contributed by atoms with Crippen molar-refractivity contribution < 1.29 is 60.2 Å². The molecule has 0 atom stereocenters. The minimum Gasteiger partial charge on any atom is -0.697 e. The van der Waals surface area contributed by atoms with Crippen molar-refractivity contribution in [3.8, 4) is 22.8 Å². The molecular weight excluding hydrogens is 603 g/mol. The van der Waals surface area contributed by atoms with E-state index in [9.17, 15) is 25.9 Å². The minimum atomic E-state index is -4.95. The normalized spacial score (nSPS) is 12.5. The van der Waals surface area contributed by atoms with E-state index < -0.39 is 35.7 Å². The Bertz CT molecular complexity index is 2290. The van der Waals surface area contributed by atoms with E-state index in [2.05, 4.69) is 4.99 Å². The fraction of sp³-hybridized carbons (Fsp3) is 0.0345. The van der Waals surface area contributed by atoms with Crippen LogP contribution in [0, 0.1) is 0 Å². The zero-order valence-electron chi connectivity index (χ0n) is 22.8. The molecule has 14 heteroatoms. The zero-order valence-corrected chi connectivity index (χ0v) is 26.4. The zero-order chi connectivity index (χ0) is 29.8. The van der Waals surface area contributed by atoms with Crippen molar-refractivity contribution in [1.82, 2.24) is 9.55 Å². The maximum absolute atomic E-state index is 12.7. The summed E-state index contributed by atoms with van der Waals surface area (Å²) in [5, 5.41) is 0.522. The molecule has 0 amide bonds.